The van der Waals surface area contributed by atoms with E-state index >= 15 is 0 Å². The molecular weight excluding hydrogens is 452 g/mol. The van der Waals surface area contributed by atoms with Crippen molar-refractivity contribution >= 4 is 5.69 Å². The molecule has 190 valence electrons. The van der Waals surface area contributed by atoms with E-state index in [4.69, 9.17) is 9.47 Å². The highest BCUT2D eigenvalue weighted by atomic mass is 16.5. The van der Waals surface area contributed by atoms with Crippen molar-refractivity contribution in [2.24, 2.45) is 0 Å². The van der Waals surface area contributed by atoms with Gasteiger partial charge in [-0.15, -0.1) is 0 Å². The van der Waals surface area contributed by atoms with E-state index in [9.17, 15) is 4.79 Å². The van der Waals surface area contributed by atoms with Gasteiger partial charge in [0.2, 0.25) is 5.75 Å². The molecule has 36 heavy (non-hydrogen) atoms. The van der Waals surface area contributed by atoms with Crippen LogP contribution in [0.5, 0.6) is 11.5 Å². The van der Waals surface area contributed by atoms with E-state index in [0.717, 1.165) is 75.5 Å². The predicted octanol–water partition coefficient (Wildman–Crippen LogP) is 4.66. The molecule has 7 heteroatoms. The molecule has 0 N–H and O–H groups in total. The number of hydrogen-bond donors (Lipinski definition) is 0. The Morgan fingerprint density at radius 2 is 1.64 bits per heavy atom. The van der Waals surface area contributed by atoms with Crippen LogP contribution >= 0.6 is 0 Å². The van der Waals surface area contributed by atoms with Gasteiger partial charge in [-0.25, -0.2) is 0 Å². The van der Waals surface area contributed by atoms with Crippen molar-refractivity contribution in [3.63, 3.8) is 0 Å². The van der Waals surface area contributed by atoms with Crippen LogP contribution < -0.4 is 19.9 Å². The average molecular weight is 489 g/mol. The van der Waals surface area contributed by atoms with Crippen molar-refractivity contribution in [1.82, 2.24) is 14.7 Å². The Hall–Kier alpha value is -3.32. The first-order chi connectivity index (χ1) is 17.7. The van der Waals surface area contributed by atoms with Gasteiger partial charge in [-0.05, 0) is 62.4 Å². The number of rotatable bonds is 8. The maximum atomic E-state index is 13.6. The second kappa shape index (κ2) is 11.6. The third kappa shape index (κ3) is 5.73. The third-order valence-corrected chi connectivity index (χ3v) is 7.11. The molecule has 0 spiro atoms. The zero-order valence-corrected chi connectivity index (χ0v) is 21.1. The number of para-hydroxylation sites is 1. The molecule has 1 aliphatic heterocycles. The lowest BCUT2D eigenvalue weighted by molar-refractivity contribution is 0.152. The average Bonchev–Trinajstić information content (AvgIpc) is 2.93. The largest absolute Gasteiger partial charge is 0.494 e. The Balaban J connectivity index is 1.32. The summed E-state index contributed by atoms with van der Waals surface area (Å²) in [4.78, 5) is 18.3. The fraction of sp³-hybridized carbons (Fsp3) is 0.448. The molecule has 0 radical (unpaired) electrons. The summed E-state index contributed by atoms with van der Waals surface area (Å²) in [5, 5.41) is 4.54. The van der Waals surface area contributed by atoms with Crippen LogP contribution in [0.25, 0.3) is 5.69 Å². The number of nitrogens with zero attached hydrogens (tertiary/aromatic N) is 4. The van der Waals surface area contributed by atoms with Crippen LogP contribution in [-0.2, 0) is 6.54 Å². The highest BCUT2D eigenvalue weighted by Crippen LogP contribution is 2.30. The highest BCUT2D eigenvalue weighted by Gasteiger charge is 2.26. The number of piperazine rings is 1. The molecule has 0 atom stereocenters. The number of anilines is 1. The van der Waals surface area contributed by atoms with Crippen molar-refractivity contribution in [1.29, 1.82) is 0 Å². The standard InChI is InChI=1S/C29H36N4O3/c1-2-35-25-15-13-23(14-16-25)22-31-17-19-32(20-18-31)27-21-30-33(24-9-5-3-6-10-24)29(34)28(27)36-26-11-7-4-8-12-26/h3,5-6,9-10,13-16,21,26H,2,4,7-8,11-12,17-20,22H2,1H3. The summed E-state index contributed by atoms with van der Waals surface area (Å²) in [6.07, 6.45) is 7.47. The SMILES string of the molecule is CCOc1ccc(CN2CCN(c3cnn(-c4ccccc4)c(=O)c3OC3CCCCC3)CC2)cc1. The monoisotopic (exact) mass is 488 g/mol. The van der Waals surface area contributed by atoms with Gasteiger partial charge in [0.1, 0.15) is 11.4 Å². The zero-order chi connectivity index (χ0) is 24.7. The first-order valence-corrected chi connectivity index (χ1v) is 13.2. The Kier molecular flexibility index (Phi) is 7.86. The van der Waals surface area contributed by atoms with E-state index in [2.05, 4.69) is 27.0 Å². The van der Waals surface area contributed by atoms with Gasteiger partial charge in [-0.2, -0.15) is 9.78 Å². The van der Waals surface area contributed by atoms with Gasteiger partial charge < -0.3 is 14.4 Å². The first kappa shape index (κ1) is 24.4. The highest BCUT2D eigenvalue weighted by molar-refractivity contribution is 5.57. The molecule has 1 saturated carbocycles. The second-order valence-corrected chi connectivity index (χ2v) is 9.63. The van der Waals surface area contributed by atoms with Crippen molar-refractivity contribution in [2.45, 2.75) is 51.7 Å². The van der Waals surface area contributed by atoms with E-state index in [-0.39, 0.29) is 11.7 Å². The van der Waals surface area contributed by atoms with Crippen molar-refractivity contribution in [3.05, 3.63) is 76.7 Å². The molecule has 3 aromatic rings. The molecule has 0 amide bonds. The van der Waals surface area contributed by atoms with Gasteiger partial charge in [0.05, 0.1) is 24.6 Å². The summed E-state index contributed by atoms with van der Waals surface area (Å²) in [7, 11) is 0. The summed E-state index contributed by atoms with van der Waals surface area (Å²) in [5.74, 6) is 1.36. The van der Waals surface area contributed by atoms with Crippen LogP contribution in [-0.4, -0.2) is 53.6 Å². The predicted molar refractivity (Wildman–Crippen MR) is 142 cm³/mol. The van der Waals surface area contributed by atoms with Crippen LogP contribution in [0, 0.1) is 0 Å². The Bertz CT molecular complexity index is 1170. The van der Waals surface area contributed by atoms with Gasteiger partial charge in [-0.1, -0.05) is 36.8 Å². The molecule has 2 heterocycles. The summed E-state index contributed by atoms with van der Waals surface area (Å²) in [6, 6.07) is 17.9. The van der Waals surface area contributed by atoms with Crippen LogP contribution in [0.2, 0.25) is 0 Å². The maximum absolute atomic E-state index is 13.6. The fourth-order valence-electron chi connectivity index (χ4n) is 5.13. The third-order valence-electron chi connectivity index (χ3n) is 7.11. The molecule has 0 unspecified atom stereocenters. The molecule has 2 aliphatic rings. The van der Waals surface area contributed by atoms with E-state index in [0.29, 0.717) is 12.4 Å². The van der Waals surface area contributed by atoms with Gasteiger partial charge in [-0.3, -0.25) is 9.69 Å². The molecule has 0 bridgehead atoms. The van der Waals surface area contributed by atoms with Gasteiger partial charge in [0.15, 0.2) is 0 Å². The lowest BCUT2D eigenvalue weighted by atomic mass is 9.98. The molecule has 2 fully saturated rings. The van der Waals surface area contributed by atoms with Gasteiger partial charge in [0.25, 0.3) is 0 Å². The van der Waals surface area contributed by atoms with Crippen molar-refractivity contribution in [3.8, 4) is 17.2 Å². The van der Waals surface area contributed by atoms with E-state index in [1.165, 1.54) is 16.7 Å². The summed E-state index contributed by atoms with van der Waals surface area (Å²) in [5.41, 5.74) is 2.67. The minimum absolute atomic E-state index is 0.0952. The zero-order valence-electron chi connectivity index (χ0n) is 21.1. The maximum Gasteiger partial charge on any atom is 0.316 e. The summed E-state index contributed by atoms with van der Waals surface area (Å²) in [6.45, 7) is 7.06. The normalized spacial score (nSPS) is 17.2. The molecular formula is C29H36N4O3. The quantitative estimate of drug-likeness (QED) is 0.460. The van der Waals surface area contributed by atoms with Crippen LogP contribution in [0.1, 0.15) is 44.6 Å². The van der Waals surface area contributed by atoms with E-state index in [1.807, 2.05) is 55.6 Å². The smallest absolute Gasteiger partial charge is 0.316 e. The van der Waals surface area contributed by atoms with Crippen LogP contribution in [0.4, 0.5) is 5.69 Å². The number of aromatic nitrogens is 2. The molecule has 7 nitrogen and oxygen atoms in total. The molecule has 5 rings (SSSR count). The van der Waals surface area contributed by atoms with Gasteiger partial charge in [0, 0.05) is 32.7 Å². The number of benzene rings is 2. The summed E-state index contributed by atoms with van der Waals surface area (Å²) >= 11 is 0. The van der Waals surface area contributed by atoms with Gasteiger partial charge >= 0.3 is 5.56 Å². The van der Waals surface area contributed by atoms with E-state index < -0.39 is 0 Å². The number of ether oxygens (including phenoxy) is 2. The topological polar surface area (TPSA) is 59.8 Å². The lowest BCUT2D eigenvalue weighted by Crippen LogP contribution is -2.46. The summed E-state index contributed by atoms with van der Waals surface area (Å²) < 4.78 is 13.5. The Labute approximate surface area is 213 Å². The van der Waals surface area contributed by atoms with Crippen molar-refractivity contribution in [2.75, 3.05) is 37.7 Å². The van der Waals surface area contributed by atoms with Crippen LogP contribution in [0.15, 0.2) is 65.6 Å². The fourth-order valence-corrected chi connectivity index (χ4v) is 5.13. The first-order valence-electron chi connectivity index (χ1n) is 13.2. The Morgan fingerprint density at radius 3 is 2.33 bits per heavy atom. The van der Waals surface area contributed by atoms with Crippen LogP contribution in [0.3, 0.4) is 0 Å². The van der Waals surface area contributed by atoms with Crippen molar-refractivity contribution < 1.29 is 9.47 Å². The minimum atomic E-state index is -0.180. The Morgan fingerprint density at radius 1 is 0.917 bits per heavy atom. The lowest BCUT2D eigenvalue weighted by Gasteiger charge is -2.37. The molecule has 1 saturated heterocycles. The molecule has 1 aromatic heterocycles. The second-order valence-electron chi connectivity index (χ2n) is 9.63. The number of hydrogen-bond acceptors (Lipinski definition) is 6. The molecule has 1 aliphatic carbocycles. The van der Waals surface area contributed by atoms with E-state index in [1.54, 1.807) is 0 Å². The molecule has 2 aromatic carbocycles. The minimum Gasteiger partial charge on any atom is -0.494 e.